The molecule has 0 atom stereocenters. The van der Waals surface area contributed by atoms with E-state index in [1.807, 2.05) is 4.90 Å². The van der Waals surface area contributed by atoms with E-state index in [0.29, 0.717) is 42.6 Å². The minimum Gasteiger partial charge on any atom is -0.352 e. The minimum atomic E-state index is -0.306. The summed E-state index contributed by atoms with van der Waals surface area (Å²) >= 11 is 0. The van der Waals surface area contributed by atoms with E-state index in [4.69, 9.17) is 9.93 Å². The van der Waals surface area contributed by atoms with Crippen molar-refractivity contribution in [2.75, 3.05) is 6.54 Å². The third kappa shape index (κ3) is 2.21. The molecule has 0 bridgehead atoms. The van der Waals surface area contributed by atoms with Crippen molar-refractivity contribution in [2.45, 2.75) is 19.9 Å². The smallest absolute Gasteiger partial charge is 0.223 e. The number of hydrogen-bond acceptors (Lipinski definition) is 4. The predicted molar refractivity (Wildman–Crippen MR) is 66.4 cm³/mol. The number of benzene rings is 1. The van der Waals surface area contributed by atoms with Crippen molar-refractivity contribution in [3.63, 3.8) is 0 Å². The third-order valence-electron chi connectivity index (χ3n) is 3.18. The van der Waals surface area contributed by atoms with E-state index in [-0.39, 0.29) is 5.82 Å². The van der Waals surface area contributed by atoms with E-state index in [1.54, 1.807) is 13.0 Å². The molecule has 2 aromatic rings. The Morgan fingerprint density at radius 1 is 1.47 bits per heavy atom. The molecule has 98 valence electrons. The number of rotatable bonds is 3. The Morgan fingerprint density at radius 3 is 3.05 bits per heavy atom. The topological polar surface area (TPSA) is 66.0 Å². The average Bonchev–Trinajstić information content (AvgIpc) is 2.93. The van der Waals surface area contributed by atoms with Gasteiger partial charge < -0.3 is 9.42 Å². The molecule has 0 saturated carbocycles. The van der Waals surface area contributed by atoms with Gasteiger partial charge in [-0.15, -0.1) is 0 Å². The van der Waals surface area contributed by atoms with E-state index >= 15 is 0 Å². The first-order valence-electron chi connectivity index (χ1n) is 6.05. The molecule has 1 aromatic heterocycles. The van der Waals surface area contributed by atoms with Crippen molar-refractivity contribution in [2.24, 2.45) is 0 Å². The first kappa shape index (κ1) is 11.8. The minimum absolute atomic E-state index is 0.306. The van der Waals surface area contributed by atoms with Crippen molar-refractivity contribution in [3.8, 4) is 0 Å². The highest BCUT2D eigenvalue weighted by Crippen LogP contribution is 2.23. The Bertz CT molecular complexity index is 637. The second kappa shape index (κ2) is 4.46. The molecular formula is C13H13FN4O. The highest BCUT2D eigenvalue weighted by atomic mass is 19.1. The lowest BCUT2D eigenvalue weighted by molar-refractivity contribution is 0.380. The molecule has 19 heavy (non-hydrogen) atoms. The number of aromatic nitrogens is 2. The molecule has 0 unspecified atom stereocenters. The van der Waals surface area contributed by atoms with Crippen LogP contribution in [0.3, 0.4) is 0 Å². The zero-order valence-corrected chi connectivity index (χ0v) is 10.5. The van der Waals surface area contributed by atoms with Gasteiger partial charge in [-0.25, -0.2) is 4.39 Å². The monoisotopic (exact) mass is 260 g/mol. The fourth-order valence-electron chi connectivity index (χ4n) is 2.23. The van der Waals surface area contributed by atoms with Crippen molar-refractivity contribution >= 4 is 5.84 Å². The molecule has 1 N–H and O–H groups in total. The zero-order chi connectivity index (χ0) is 13.4. The van der Waals surface area contributed by atoms with Gasteiger partial charge in [0.1, 0.15) is 11.7 Å². The molecule has 0 saturated heterocycles. The summed E-state index contributed by atoms with van der Waals surface area (Å²) in [4.78, 5) is 6.01. The number of nitrogens with one attached hydrogen (secondary N) is 1. The molecule has 0 fully saturated rings. The molecular weight excluding hydrogens is 247 g/mol. The number of aryl methyl sites for hydroxylation is 1. The van der Waals surface area contributed by atoms with Crippen LogP contribution in [0.4, 0.5) is 4.39 Å². The normalized spacial score (nSPS) is 14.0. The number of nitrogens with zero attached hydrogens (tertiary/aromatic N) is 3. The lowest BCUT2D eigenvalue weighted by Crippen LogP contribution is -2.26. The highest BCUT2D eigenvalue weighted by Gasteiger charge is 2.24. The van der Waals surface area contributed by atoms with Crippen LogP contribution in [-0.2, 0) is 13.0 Å². The van der Waals surface area contributed by atoms with Crippen LogP contribution < -0.4 is 0 Å². The first-order chi connectivity index (χ1) is 9.13. The number of hydrogen-bond donors (Lipinski definition) is 1. The van der Waals surface area contributed by atoms with E-state index in [1.165, 1.54) is 12.1 Å². The SMILES string of the molecule is Cc1nc(CCN2Cc3ccc(F)cc3C2=N)no1. The maximum absolute atomic E-state index is 13.2. The van der Waals surface area contributed by atoms with Gasteiger partial charge in [0, 0.05) is 32.0 Å². The maximum Gasteiger partial charge on any atom is 0.223 e. The van der Waals surface area contributed by atoms with Crippen molar-refractivity contribution in [1.29, 1.82) is 5.41 Å². The molecule has 0 spiro atoms. The first-order valence-corrected chi connectivity index (χ1v) is 6.05. The van der Waals surface area contributed by atoms with Crippen LogP contribution in [0, 0.1) is 18.2 Å². The van der Waals surface area contributed by atoms with Crippen LogP contribution in [-0.4, -0.2) is 27.4 Å². The number of fused-ring (bicyclic) bond motifs is 1. The molecule has 1 aliphatic heterocycles. The van der Waals surface area contributed by atoms with Crippen LogP contribution in [0.25, 0.3) is 0 Å². The molecule has 6 heteroatoms. The average molecular weight is 260 g/mol. The zero-order valence-electron chi connectivity index (χ0n) is 10.5. The van der Waals surface area contributed by atoms with Gasteiger partial charge in [0.25, 0.3) is 0 Å². The molecule has 3 rings (SSSR count). The Kier molecular flexibility index (Phi) is 2.77. The van der Waals surface area contributed by atoms with E-state index in [9.17, 15) is 4.39 Å². The van der Waals surface area contributed by atoms with E-state index in [2.05, 4.69) is 10.1 Å². The summed E-state index contributed by atoms with van der Waals surface area (Å²) in [7, 11) is 0. The summed E-state index contributed by atoms with van der Waals surface area (Å²) in [6.45, 7) is 2.99. The lowest BCUT2D eigenvalue weighted by atomic mass is 10.1. The number of amidine groups is 1. The lowest BCUT2D eigenvalue weighted by Gasteiger charge is -2.16. The van der Waals surface area contributed by atoms with Crippen LogP contribution in [0.15, 0.2) is 22.7 Å². The van der Waals surface area contributed by atoms with Crippen molar-refractivity contribution in [3.05, 3.63) is 46.9 Å². The molecule has 5 nitrogen and oxygen atoms in total. The second-order valence-electron chi connectivity index (χ2n) is 4.55. The molecule has 0 amide bonds. The molecule has 1 aromatic carbocycles. The van der Waals surface area contributed by atoms with Gasteiger partial charge in [-0.05, 0) is 17.7 Å². The fraction of sp³-hybridized carbons (Fsp3) is 0.308. The summed E-state index contributed by atoms with van der Waals surface area (Å²) in [5.41, 5.74) is 1.65. The van der Waals surface area contributed by atoms with Gasteiger partial charge in [-0.1, -0.05) is 11.2 Å². The Labute approximate surface area is 109 Å². The number of halogens is 1. The van der Waals surface area contributed by atoms with Gasteiger partial charge in [0.05, 0.1) is 0 Å². The standard InChI is InChI=1S/C13H13FN4O/c1-8-16-12(17-19-8)4-5-18-7-9-2-3-10(14)6-11(9)13(18)15/h2-3,6,15H,4-5,7H2,1H3. The molecule has 2 heterocycles. The van der Waals surface area contributed by atoms with Crippen LogP contribution in [0.2, 0.25) is 0 Å². The van der Waals surface area contributed by atoms with Crippen LogP contribution in [0.1, 0.15) is 22.8 Å². The summed E-state index contributed by atoms with van der Waals surface area (Å²) in [6.07, 6.45) is 0.607. The van der Waals surface area contributed by atoms with Crippen molar-refractivity contribution in [1.82, 2.24) is 15.0 Å². The van der Waals surface area contributed by atoms with Gasteiger partial charge in [0.2, 0.25) is 5.89 Å². The third-order valence-corrected chi connectivity index (χ3v) is 3.18. The quantitative estimate of drug-likeness (QED) is 0.915. The summed E-state index contributed by atoms with van der Waals surface area (Å²) in [6, 6.07) is 4.58. The van der Waals surface area contributed by atoms with Gasteiger partial charge in [0.15, 0.2) is 5.82 Å². The summed E-state index contributed by atoms with van der Waals surface area (Å²) < 4.78 is 18.1. The molecule has 1 aliphatic rings. The maximum atomic E-state index is 13.2. The van der Waals surface area contributed by atoms with E-state index < -0.39 is 0 Å². The second-order valence-corrected chi connectivity index (χ2v) is 4.55. The molecule has 0 aliphatic carbocycles. The largest absolute Gasteiger partial charge is 0.352 e. The van der Waals surface area contributed by atoms with E-state index in [0.717, 1.165) is 5.56 Å². The van der Waals surface area contributed by atoms with Crippen LogP contribution in [0.5, 0.6) is 0 Å². The van der Waals surface area contributed by atoms with Crippen LogP contribution >= 0.6 is 0 Å². The predicted octanol–water partition coefficient (Wildman–Crippen LogP) is 1.90. The van der Waals surface area contributed by atoms with Gasteiger partial charge in [-0.2, -0.15) is 4.98 Å². The Hall–Kier alpha value is -2.24. The van der Waals surface area contributed by atoms with Crippen molar-refractivity contribution < 1.29 is 8.91 Å². The summed E-state index contributed by atoms with van der Waals surface area (Å²) in [5.74, 6) is 1.22. The Morgan fingerprint density at radius 2 is 2.32 bits per heavy atom. The fourth-order valence-corrected chi connectivity index (χ4v) is 2.23. The molecule has 0 radical (unpaired) electrons. The summed E-state index contributed by atoms with van der Waals surface area (Å²) in [5, 5.41) is 11.9. The highest BCUT2D eigenvalue weighted by molar-refractivity contribution is 6.00. The Balaban J connectivity index is 1.70. The van der Waals surface area contributed by atoms with Gasteiger partial charge >= 0.3 is 0 Å². The van der Waals surface area contributed by atoms with Gasteiger partial charge in [-0.3, -0.25) is 5.41 Å².